The molecule has 98 valence electrons. The standard InChI is InChI=1S/C12H22N2O2S/c1-8(2)5-10(15)6-12-13-11(14-16-12)7-17-9(3)4/h8-10,15H,5-7H2,1-4H3. The van der Waals surface area contributed by atoms with Crippen LogP contribution in [0.25, 0.3) is 0 Å². The van der Waals surface area contributed by atoms with E-state index in [1.54, 1.807) is 11.8 Å². The molecular weight excluding hydrogens is 236 g/mol. The van der Waals surface area contributed by atoms with Crippen molar-refractivity contribution in [1.82, 2.24) is 10.1 Å². The summed E-state index contributed by atoms with van der Waals surface area (Å²) in [5.41, 5.74) is 0. The molecule has 0 aliphatic rings. The molecule has 1 aromatic rings. The zero-order valence-electron chi connectivity index (χ0n) is 11.0. The Morgan fingerprint density at radius 1 is 1.29 bits per heavy atom. The molecule has 0 aliphatic heterocycles. The molecule has 1 N–H and O–H groups in total. The molecule has 1 heterocycles. The summed E-state index contributed by atoms with van der Waals surface area (Å²) in [6.45, 7) is 8.44. The van der Waals surface area contributed by atoms with Gasteiger partial charge in [0.05, 0.1) is 18.3 Å². The molecule has 0 amide bonds. The summed E-state index contributed by atoms with van der Waals surface area (Å²) in [6.07, 6.45) is 0.830. The zero-order valence-corrected chi connectivity index (χ0v) is 11.8. The van der Waals surface area contributed by atoms with Crippen LogP contribution in [0.2, 0.25) is 0 Å². The highest BCUT2D eigenvalue weighted by Crippen LogP contribution is 2.16. The second-order valence-electron chi connectivity index (χ2n) is 4.95. The van der Waals surface area contributed by atoms with Crippen molar-refractivity contribution in [3.05, 3.63) is 11.7 Å². The topological polar surface area (TPSA) is 59.2 Å². The Bertz CT molecular complexity index is 326. The lowest BCUT2D eigenvalue weighted by molar-refractivity contribution is 0.138. The molecule has 0 radical (unpaired) electrons. The minimum Gasteiger partial charge on any atom is -0.393 e. The molecule has 0 bridgehead atoms. The van der Waals surface area contributed by atoms with Crippen molar-refractivity contribution >= 4 is 11.8 Å². The Balaban J connectivity index is 2.39. The highest BCUT2D eigenvalue weighted by molar-refractivity contribution is 7.99. The van der Waals surface area contributed by atoms with Gasteiger partial charge < -0.3 is 9.63 Å². The van der Waals surface area contributed by atoms with Gasteiger partial charge in [-0.1, -0.05) is 32.9 Å². The fraction of sp³-hybridized carbons (Fsp3) is 0.833. The molecular formula is C12H22N2O2S. The molecule has 0 aromatic carbocycles. The summed E-state index contributed by atoms with van der Waals surface area (Å²) >= 11 is 1.78. The number of hydrogen-bond donors (Lipinski definition) is 1. The van der Waals surface area contributed by atoms with Crippen LogP contribution in [-0.2, 0) is 12.2 Å². The van der Waals surface area contributed by atoms with Crippen LogP contribution in [0.4, 0.5) is 0 Å². The second kappa shape index (κ2) is 7.01. The monoisotopic (exact) mass is 258 g/mol. The summed E-state index contributed by atoms with van der Waals surface area (Å²) in [5.74, 6) is 2.50. The normalized spacial score (nSPS) is 13.6. The molecule has 0 spiro atoms. The number of aromatic nitrogens is 2. The van der Waals surface area contributed by atoms with Gasteiger partial charge in [-0.25, -0.2) is 0 Å². The quantitative estimate of drug-likeness (QED) is 0.814. The van der Waals surface area contributed by atoms with Crippen molar-refractivity contribution in [2.24, 2.45) is 5.92 Å². The van der Waals surface area contributed by atoms with Crippen molar-refractivity contribution in [2.45, 2.75) is 57.6 Å². The lowest BCUT2D eigenvalue weighted by Gasteiger charge is -2.09. The Labute approximate surface area is 107 Å². The van der Waals surface area contributed by atoms with Gasteiger partial charge in [-0.15, -0.1) is 0 Å². The maximum atomic E-state index is 9.77. The SMILES string of the molecule is CC(C)CC(O)Cc1nc(CSC(C)C)no1. The van der Waals surface area contributed by atoms with E-state index in [0.29, 0.717) is 23.5 Å². The van der Waals surface area contributed by atoms with E-state index < -0.39 is 0 Å². The fourth-order valence-corrected chi connectivity index (χ4v) is 2.10. The minimum atomic E-state index is -0.388. The van der Waals surface area contributed by atoms with Gasteiger partial charge in [-0.3, -0.25) is 0 Å². The molecule has 17 heavy (non-hydrogen) atoms. The Hall–Kier alpha value is -0.550. The Kier molecular flexibility index (Phi) is 5.98. The van der Waals surface area contributed by atoms with Gasteiger partial charge in [0, 0.05) is 0 Å². The Morgan fingerprint density at radius 3 is 2.59 bits per heavy atom. The molecule has 0 saturated carbocycles. The van der Waals surface area contributed by atoms with Gasteiger partial charge in [0.1, 0.15) is 0 Å². The summed E-state index contributed by atoms with van der Waals surface area (Å²) < 4.78 is 5.11. The third kappa shape index (κ3) is 6.07. The number of thioether (sulfide) groups is 1. The smallest absolute Gasteiger partial charge is 0.229 e. The van der Waals surface area contributed by atoms with E-state index in [1.807, 2.05) is 0 Å². The fourth-order valence-electron chi connectivity index (χ4n) is 1.50. The molecule has 0 saturated heterocycles. The van der Waals surface area contributed by atoms with Crippen LogP contribution in [0.1, 0.15) is 45.8 Å². The number of aliphatic hydroxyl groups is 1. The molecule has 1 unspecified atom stereocenters. The van der Waals surface area contributed by atoms with E-state index in [0.717, 1.165) is 18.0 Å². The third-order valence-corrected chi connectivity index (χ3v) is 3.30. The van der Waals surface area contributed by atoms with E-state index in [9.17, 15) is 5.11 Å². The van der Waals surface area contributed by atoms with E-state index >= 15 is 0 Å². The molecule has 0 aliphatic carbocycles. The first kappa shape index (κ1) is 14.5. The van der Waals surface area contributed by atoms with E-state index in [2.05, 4.69) is 37.8 Å². The van der Waals surface area contributed by atoms with Gasteiger partial charge in [0.15, 0.2) is 5.82 Å². The number of nitrogens with zero attached hydrogens (tertiary/aromatic N) is 2. The van der Waals surface area contributed by atoms with Crippen LogP contribution in [-0.4, -0.2) is 26.6 Å². The van der Waals surface area contributed by atoms with Gasteiger partial charge in [-0.05, 0) is 17.6 Å². The lowest BCUT2D eigenvalue weighted by atomic mass is 10.0. The van der Waals surface area contributed by atoms with Crippen molar-refractivity contribution in [2.75, 3.05) is 0 Å². The van der Waals surface area contributed by atoms with Crippen LogP contribution in [0.5, 0.6) is 0 Å². The van der Waals surface area contributed by atoms with Gasteiger partial charge in [0.2, 0.25) is 5.89 Å². The predicted octanol–water partition coefficient (Wildman–Crippen LogP) is 2.66. The number of aliphatic hydroxyl groups excluding tert-OH is 1. The largest absolute Gasteiger partial charge is 0.393 e. The number of hydrogen-bond acceptors (Lipinski definition) is 5. The van der Waals surface area contributed by atoms with Crippen LogP contribution >= 0.6 is 11.8 Å². The molecule has 1 rings (SSSR count). The van der Waals surface area contributed by atoms with Crippen LogP contribution < -0.4 is 0 Å². The molecule has 4 nitrogen and oxygen atoms in total. The first-order chi connectivity index (χ1) is 7.97. The molecule has 5 heteroatoms. The first-order valence-electron chi connectivity index (χ1n) is 6.08. The maximum absolute atomic E-state index is 9.77. The average molecular weight is 258 g/mol. The summed E-state index contributed by atoms with van der Waals surface area (Å²) in [6, 6.07) is 0. The summed E-state index contributed by atoms with van der Waals surface area (Å²) in [5, 5.41) is 14.2. The highest BCUT2D eigenvalue weighted by Gasteiger charge is 2.13. The molecule has 0 fully saturated rings. The van der Waals surface area contributed by atoms with Gasteiger partial charge >= 0.3 is 0 Å². The van der Waals surface area contributed by atoms with Gasteiger partial charge in [0.25, 0.3) is 0 Å². The van der Waals surface area contributed by atoms with Crippen LogP contribution in [0.3, 0.4) is 0 Å². The number of rotatable bonds is 7. The van der Waals surface area contributed by atoms with Crippen LogP contribution in [0.15, 0.2) is 4.52 Å². The van der Waals surface area contributed by atoms with E-state index in [4.69, 9.17) is 4.52 Å². The van der Waals surface area contributed by atoms with Crippen molar-refractivity contribution in [3.63, 3.8) is 0 Å². The van der Waals surface area contributed by atoms with Crippen LogP contribution in [0, 0.1) is 5.92 Å². The third-order valence-electron chi connectivity index (χ3n) is 2.21. The van der Waals surface area contributed by atoms with E-state index in [-0.39, 0.29) is 6.10 Å². The van der Waals surface area contributed by atoms with Crippen molar-refractivity contribution in [1.29, 1.82) is 0 Å². The zero-order chi connectivity index (χ0) is 12.8. The summed E-state index contributed by atoms with van der Waals surface area (Å²) in [4.78, 5) is 4.27. The predicted molar refractivity (Wildman–Crippen MR) is 69.9 cm³/mol. The van der Waals surface area contributed by atoms with E-state index in [1.165, 1.54) is 0 Å². The molecule has 1 atom stereocenters. The Morgan fingerprint density at radius 2 is 2.00 bits per heavy atom. The van der Waals surface area contributed by atoms with Crippen molar-refractivity contribution in [3.8, 4) is 0 Å². The molecule has 1 aromatic heterocycles. The highest BCUT2D eigenvalue weighted by atomic mass is 32.2. The first-order valence-corrected chi connectivity index (χ1v) is 7.13. The van der Waals surface area contributed by atoms with Gasteiger partial charge in [-0.2, -0.15) is 16.7 Å². The second-order valence-corrected chi connectivity index (χ2v) is 6.52. The summed E-state index contributed by atoms with van der Waals surface area (Å²) in [7, 11) is 0. The maximum Gasteiger partial charge on any atom is 0.229 e. The average Bonchev–Trinajstić information content (AvgIpc) is 2.61. The van der Waals surface area contributed by atoms with Crippen molar-refractivity contribution < 1.29 is 9.63 Å². The lowest BCUT2D eigenvalue weighted by Crippen LogP contribution is -2.13. The minimum absolute atomic E-state index is 0.388.